The second-order valence-corrected chi connectivity index (χ2v) is 7.90. The van der Waals surface area contributed by atoms with Gasteiger partial charge in [0.15, 0.2) is 5.76 Å². The molecular formula is C24H28N2O5. The van der Waals surface area contributed by atoms with Crippen molar-refractivity contribution in [2.45, 2.75) is 45.4 Å². The summed E-state index contributed by atoms with van der Waals surface area (Å²) in [4.78, 5) is 37.1. The molecule has 1 atom stereocenters. The van der Waals surface area contributed by atoms with E-state index in [0.29, 0.717) is 0 Å². The predicted octanol–water partition coefficient (Wildman–Crippen LogP) is 3.50. The van der Waals surface area contributed by atoms with E-state index in [1.165, 1.54) is 0 Å². The van der Waals surface area contributed by atoms with Gasteiger partial charge in [-0.25, -0.2) is 9.59 Å². The maximum Gasteiger partial charge on any atom is 0.408 e. The highest BCUT2D eigenvalue weighted by Crippen LogP contribution is 2.10. The Morgan fingerprint density at radius 1 is 0.935 bits per heavy atom. The molecule has 2 rings (SSSR count). The SMILES string of the molecule is C=C(OC(=O)[C@H](Cc1ccccc1)NC(=O)OC(C)(C)C)C(=O)NCc1ccccc1. The molecule has 0 radical (unpaired) electrons. The van der Waals surface area contributed by atoms with Gasteiger partial charge in [0, 0.05) is 13.0 Å². The number of rotatable bonds is 8. The molecule has 0 bridgehead atoms. The van der Waals surface area contributed by atoms with E-state index in [0.717, 1.165) is 11.1 Å². The van der Waals surface area contributed by atoms with E-state index < -0.39 is 29.6 Å². The van der Waals surface area contributed by atoms with Crippen LogP contribution >= 0.6 is 0 Å². The zero-order valence-corrected chi connectivity index (χ0v) is 18.0. The lowest BCUT2D eigenvalue weighted by atomic mass is 10.1. The van der Waals surface area contributed by atoms with Crippen LogP contribution in [0.15, 0.2) is 73.0 Å². The van der Waals surface area contributed by atoms with Gasteiger partial charge in [-0.05, 0) is 31.9 Å². The molecule has 0 unspecified atom stereocenters. The first-order valence-electron chi connectivity index (χ1n) is 9.90. The second-order valence-electron chi connectivity index (χ2n) is 7.90. The van der Waals surface area contributed by atoms with Crippen LogP contribution in [0, 0.1) is 0 Å². The number of esters is 1. The van der Waals surface area contributed by atoms with Crippen LogP contribution in [0.4, 0.5) is 4.79 Å². The molecule has 0 aliphatic heterocycles. The number of alkyl carbamates (subject to hydrolysis) is 1. The molecule has 0 aliphatic carbocycles. The van der Waals surface area contributed by atoms with Gasteiger partial charge in [0.2, 0.25) is 0 Å². The molecule has 164 valence electrons. The standard InChI is InChI=1S/C24H28N2O5/c1-17(21(27)25-16-19-13-9-6-10-14-19)30-22(28)20(15-18-11-7-5-8-12-18)26-23(29)31-24(2,3)4/h5-14,20H,1,15-16H2,2-4H3,(H,25,27)(H,26,29)/t20-/m0/s1. The van der Waals surface area contributed by atoms with Gasteiger partial charge in [-0.3, -0.25) is 4.79 Å². The Kier molecular flexibility index (Phi) is 8.37. The molecule has 0 aromatic heterocycles. The van der Waals surface area contributed by atoms with E-state index in [4.69, 9.17) is 9.47 Å². The summed E-state index contributed by atoms with van der Waals surface area (Å²) in [5, 5.41) is 5.15. The minimum atomic E-state index is -1.06. The van der Waals surface area contributed by atoms with Crippen LogP contribution in [-0.4, -0.2) is 29.6 Å². The van der Waals surface area contributed by atoms with Gasteiger partial charge in [0.25, 0.3) is 5.91 Å². The largest absolute Gasteiger partial charge is 0.444 e. The summed E-state index contributed by atoms with van der Waals surface area (Å²) in [6.07, 6.45) is -0.595. The van der Waals surface area contributed by atoms with Crippen LogP contribution in [0.5, 0.6) is 0 Å². The molecular weight excluding hydrogens is 396 g/mol. The Labute approximate surface area is 182 Å². The van der Waals surface area contributed by atoms with E-state index in [9.17, 15) is 14.4 Å². The fraction of sp³-hybridized carbons (Fsp3) is 0.292. The summed E-state index contributed by atoms with van der Waals surface area (Å²) >= 11 is 0. The van der Waals surface area contributed by atoms with Crippen molar-refractivity contribution in [2.75, 3.05) is 0 Å². The van der Waals surface area contributed by atoms with Crippen LogP contribution < -0.4 is 10.6 Å². The van der Waals surface area contributed by atoms with Crippen LogP contribution in [-0.2, 0) is 32.0 Å². The highest BCUT2D eigenvalue weighted by molar-refractivity contribution is 5.94. The van der Waals surface area contributed by atoms with E-state index in [-0.39, 0.29) is 18.7 Å². The fourth-order valence-electron chi connectivity index (χ4n) is 2.61. The van der Waals surface area contributed by atoms with Crippen molar-refractivity contribution < 1.29 is 23.9 Å². The fourth-order valence-corrected chi connectivity index (χ4v) is 2.61. The van der Waals surface area contributed by atoms with Crippen LogP contribution in [0.25, 0.3) is 0 Å². The average Bonchev–Trinajstić information content (AvgIpc) is 2.71. The lowest BCUT2D eigenvalue weighted by Gasteiger charge is -2.23. The minimum absolute atomic E-state index is 0.165. The van der Waals surface area contributed by atoms with Crippen molar-refractivity contribution in [3.63, 3.8) is 0 Å². The maximum atomic E-state index is 12.7. The zero-order valence-electron chi connectivity index (χ0n) is 18.0. The average molecular weight is 424 g/mol. The molecule has 0 saturated heterocycles. The summed E-state index contributed by atoms with van der Waals surface area (Å²) in [7, 11) is 0. The van der Waals surface area contributed by atoms with Crippen molar-refractivity contribution in [3.05, 3.63) is 84.1 Å². The maximum absolute atomic E-state index is 12.7. The van der Waals surface area contributed by atoms with E-state index in [2.05, 4.69) is 17.2 Å². The van der Waals surface area contributed by atoms with Gasteiger partial charge < -0.3 is 20.1 Å². The number of nitrogens with one attached hydrogen (secondary N) is 2. The number of hydrogen-bond donors (Lipinski definition) is 2. The molecule has 7 heteroatoms. The predicted molar refractivity (Wildman–Crippen MR) is 117 cm³/mol. The molecule has 2 aromatic rings. The third-order valence-corrected chi connectivity index (χ3v) is 4.03. The lowest BCUT2D eigenvalue weighted by molar-refractivity contribution is -0.145. The topological polar surface area (TPSA) is 93.7 Å². The van der Waals surface area contributed by atoms with Gasteiger partial charge in [0.1, 0.15) is 11.6 Å². The Balaban J connectivity index is 2.00. The van der Waals surface area contributed by atoms with E-state index >= 15 is 0 Å². The lowest BCUT2D eigenvalue weighted by Crippen LogP contribution is -2.45. The number of benzene rings is 2. The zero-order chi connectivity index (χ0) is 22.9. The quantitative estimate of drug-likeness (QED) is 0.384. The van der Waals surface area contributed by atoms with E-state index in [1.807, 2.05) is 60.7 Å². The molecule has 0 spiro atoms. The van der Waals surface area contributed by atoms with Gasteiger partial charge in [-0.15, -0.1) is 0 Å². The molecule has 0 aliphatic rings. The number of carbonyl (C=O) groups excluding carboxylic acids is 3. The van der Waals surface area contributed by atoms with Crippen molar-refractivity contribution in [2.24, 2.45) is 0 Å². The smallest absolute Gasteiger partial charge is 0.408 e. The summed E-state index contributed by atoms with van der Waals surface area (Å²) in [6.45, 7) is 8.95. The van der Waals surface area contributed by atoms with Crippen LogP contribution in [0.3, 0.4) is 0 Å². The Bertz CT molecular complexity index is 905. The van der Waals surface area contributed by atoms with Crippen molar-refractivity contribution >= 4 is 18.0 Å². The Morgan fingerprint density at radius 2 is 1.48 bits per heavy atom. The molecule has 0 heterocycles. The van der Waals surface area contributed by atoms with Gasteiger partial charge >= 0.3 is 12.1 Å². The van der Waals surface area contributed by atoms with Gasteiger partial charge in [0.05, 0.1) is 0 Å². The number of amides is 2. The normalized spacial score (nSPS) is 11.7. The number of hydrogen-bond acceptors (Lipinski definition) is 5. The summed E-state index contributed by atoms with van der Waals surface area (Å²) in [6, 6.07) is 17.4. The molecule has 2 N–H and O–H groups in total. The van der Waals surface area contributed by atoms with Crippen molar-refractivity contribution in [1.82, 2.24) is 10.6 Å². The highest BCUT2D eigenvalue weighted by atomic mass is 16.6. The van der Waals surface area contributed by atoms with Gasteiger partial charge in [-0.1, -0.05) is 67.2 Å². The first kappa shape index (κ1) is 23.7. The minimum Gasteiger partial charge on any atom is -0.444 e. The van der Waals surface area contributed by atoms with Gasteiger partial charge in [-0.2, -0.15) is 0 Å². The van der Waals surface area contributed by atoms with Crippen molar-refractivity contribution in [3.8, 4) is 0 Å². The summed E-state index contributed by atoms with van der Waals surface area (Å²) < 4.78 is 10.4. The second kappa shape index (κ2) is 11.0. The first-order chi connectivity index (χ1) is 14.6. The monoisotopic (exact) mass is 424 g/mol. The van der Waals surface area contributed by atoms with Crippen LogP contribution in [0.1, 0.15) is 31.9 Å². The highest BCUT2D eigenvalue weighted by Gasteiger charge is 2.27. The molecule has 2 amide bonds. The first-order valence-corrected chi connectivity index (χ1v) is 9.90. The number of ether oxygens (including phenoxy) is 2. The third-order valence-electron chi connectivity index (χ3n) is 4.03. The molecule has 0 fully saturated rings. The molecule has 2 aromatic carbocycles. The van der Waals surface area contributed by atoms with Crippen molar-refractivity contribution in [1.29, 1.82) is 0 Å². The molecule has 7 nitrogen and oxygen atoms in total. The van der Waals surface area contributed by atoms with Crippen LogP contribution in [0.2, 0.25) is 0 Å². The summed E-state index contributed by atoms with van der Waals surface area (Å²) in [5.74, 6) is -1.78. The third kappa shape index (κ3) is 8.74. The summed E-state index contributed by atoms with van der Waals surface area (Å²) in [5.41, 5.74) is 0.967. The Hall–Kier alpha value is -3.61. The Morgan fingerprint density at radius 3 is 2.03 bits per heavy atom. The molecule has 31 heavy (non-hydrogen) atoms. The number of carbonyl (C=O) groups is 3. The molecule has 0 saturated carbocycles. The van der Waals surface area contributed by atoms with E-state index in [1.54, 1.807) is 20.8 Å².